The van der Waals surface area contributed by atoms with E-state index in [0.29, 0.717) is 22.9 Å². The van der Waals surface area contributed by atoms with Crippen LogP contribution in [-0.2, 0) is 23.0 Å². The maximum atomic E-state index is 12.3. The van der Waals surface area contributed by atoms with Crippen LogP contribution in [0.4, 0.5) is 5.00 Å². The van der Waals surface area contributed by atoms with Gasteiger partial charge in [0.2, 0.25) is 0 Å². The Balaban J connectivity index is 1.99. The molecule has 21 heavy (non-hydrogen) atoms. The summed E-state index contributed by atoms with van der Waals surface area (Å²) in [5.74, 6) is 0.519. The fourth-order valence-electron chi connectivity index (χ4n) is 2.24. The number of thiophene rings is 1. The molecule has 9 heteroatoms. The van der Waals surface area contributed by atoms with Crippen molar-refractivity contribution in [3.8, 4) is 6.07 Å². The predicted octanol–water partition coefficient (Wildman–Crippen LogP) is 1.10. The molecule has 3 N–H and O–H groups in total. The van der Waals surface area contributed by atoms with Crippen LogP contribution in [0.15, 0.2) is 11.2 Å². The monoisotopic (exact) mass is 323 g/mol. The highest BCUT2D eigenvalue weighted by molar-refractivity contribution is 7.92. The van der Waals surface area contributed by atoms with Gasteiger partial charge in [-0.1, -0.05) is 0 Å². The molecule has 0 saturated carbocycles. The lowest BCUT2D eigenvalue weighted by Crippen LogP contribution is -2.22. The van der Waals surface area contributed by atoms with Crippen LogP contribution in [0, 0.1) is 18.3 Å². The van der Waals surface area contributed by atoms with E-state index < -0.39 is 10.0 Å². The summed E-state index contributed by atoms with van der Waals surface area (Å²) in [7, 11) is -3.75. The van der Waals surface area contributed by atoms with Crippen LogP contribution >= 0.6 is 11.3 Å². The fraction of sp³-hybridized carbons (Fsp3) is 0.333. The summed E-state index contributed by atoms with van der Waals surface area (Å²) in [4.78, 5) is 7.58. The first-order valence-electron chi connectivity index (χ1n) is 6.31. The van der Waals surface area contributed by atoms with Gasteiger partial charge in [0.25, 0.3) is 10.0 Å². The van der Waals surface area contributed by atoms with E-state index in [0.717, 1.165) is 23.4 Å². The molecule has 2 aromatic rings. The molecule has 0 fully saturated rings. The van der Waals surface area contributed by atoms with Crippen molar-refractivity contribution in [3.05, 3.63) is 28.0 Å². The number of aryl methyl sites for hydroxylation is 1. The molecule has 0 spiro atoms. The number of hydrogen-bond donors (Lipinski definition) is 3. The standard InChI is InChI=1S/C12H13N5O2S2/c1-7-15-6-11(16-7)21(18,19)17-12-9(4-13)8-2-3-14-5-10(8)20-12/h6,14,17H,2-3,5H2,1H3,(H,15,16). The smallest absolute Gasteiger partial charge is 0.279 e. The SMILES string of the molecule is Cc1ncc(S(=O)(=O)Nc2sc3c(c2C#N)CCNC3)[nH]1. The van der Waals surface area contributed by atoms with Crippen LogP contribution in [0.25, 0.3) is 0 Å². The van der Waals surface area contributed by atoms with Gasteiger partial charge in [0, 0.05) is 11.4 Å². The van der Waals surface area contributed by atoms with Crippen molar-refractivity contribution in [3.63, 3.8) is 0 Å². The predicted molar refractivity (Wildman–Crippen MR) is 78.6 cm³/mol. The first-order chi connectivity index (χ1) is 10.0. The number of nitriles is 1. The number of sulfonamides is 1. The highest BCUT2D eigenvalue weighted by Crippen LogP contribution is 2.35. The minimum absolute atomic E-state index is 0.00612. The van der Waals surface area contributed by atoms with Gasteiger partial charge in [-0.05, 0) is 25.5 Å². The average molecular weight is 323 g/mol. The molecule has 1 aliphatic heterocycles. The molecule has 2 aromatic heterocycles. The van der Waals surface area contributed by atoms with E-state index >= 15 is 0 Å². The number of aromatic nitrogens is 2. The molecule has 3 rings (SSSR count). The van der Waals surface area contributed by atoms with E-state index in [-0.39, 0.29) is 5.03 Å². The zero-order valence-electron chi connectivity index (χ0n) is 11.2. The summed E-state index contributed by atoms with van der Waals surface area (Å²) < 4.78 is 27.1. The highest BCUT2D eigenvalue weighted by atomic mass is 32.2. The molecule has 0 atom stereocenters. The average Bonchev–Trinajstić information content (AvgIpc) is 3.01. The molecule has 0 saturated heterocycles. The van der Waals surface area contributed by atoms with E-state index in [1.807, 2.05) is 0 Å². The van der Waals surface area contributed by atoms with Crippen molar-refractivity contribution in [1.29, 1.82) is 5.26 Å². The van der Waals surface area contributed by atoms with Crippen molar-refractivity contribution < 1.29 is 8.42 Å². The number of hydrogen-bond acceptors (Lipinski definition) is 6. The van der Waals surface area contributed by atoms with Crippen LogP contribution in [0.2, 0.25) is 0 Å². The topological polar surface area (TPSA) is 111 Å². The Bertz CT molecular complexity index is 828. The number of aromatic amines is 1. The van der Waals surface area contributed by atoms with E-state index in [2.05, 4.69) is 26.1 Å². The Morgan fingerprint density at radius 2 is 2.33 bits per heavy atom. The summed E-state index contributed by atoms with van der Waals surface area (Å²) in [5, 5.41) is 12.9. The Labute approximate surface area is 126 Å². The number of anilines is 1. The van der Waals surface area contributed by atoms with Crippen molar-refractivity contribution in [2.24, 2.45) is 0 Å². The normalized spacial score (nSPS) is 14.5. The van der Waals surface area contributed by atoms with Gasteiger partial charge in [-0.25, -0.2) is 4.98 Å². The Morgan fingerprint density at radius 1 is 1.52 bits per heavy atom. The van der Waals surface area contributed by atoms with E-state index in [9.17, 15) is 13.7 Å². The molecule has 1 aliphatic rings. The molecule has 110 valence electrons. The Morgan fingerprint density at radius 3 is 3.00 bits per heavy atom. The molecule has 0 bridgehead atoms. The summed E-state index contributed by atoms with van der Waals surface area (Å²) in [6.07, 6.45) is 2.00. The van der Waals surface area contributed by atoms with Gasteiger partial charge in [-0.15, -0.1) is 11.3 Å². The number of fused-ring (bicyclic) bond motifs is 1. The third kappa shape index (κ3) is 2.53. The molecule has 0 aromatic carbocycles. The number of imidazole rings is 1. The largest absolute Gasteiger partial charge is 0.332 e. The summed E-state index contributed by atoms with van der Waals surface area (Å²) in [6, 6.07) is 2.11. The number of nitrogens with zero attached hydrogens (tertiary/aromatic N) is 2. The fourth-order valence-corrected chi connectivity index (χ4v) is 4.68. The van der Waals surface area contributed by atoms with Crippen molar-refractivity contribution in [1.82, 2.24) is 15.3 Å². The van der Waals surface area contributed by atoms with Crippen LogP contribution < -0.4 is 10.0 Å². The van der Waals surface area contributed by atoms with Crippen molar-refractivity contribution >= 4 is 26.4 Å². The second kappa shape index (κ2) is 5.14. The van der Waals surface area contributed by atoms with Crippen LogP contribution in [0.1, 0.15) is 21.8 Å². The lowest BCUT2D eigenvalue weighted by atomic mass is 10.1. The zero-order valence-corrected chi connectivity index (χ0v) is 12.9. The van der Waals surface area contributed by atoms with E-state index in [1.165, 1.54) is 17.5 Å². The van der Waals surface area contributed by atoms with Gasteiger partial charge in [0.15, 0.2) is 5.03 Å². The number of H-pyrrole nitrogens is 1. The van der Waals surface area contributed by atoms with Gasteiger partial charge in [0.1, 0.15) is 16.9 Å². The molecule has 7 nitrogen and oxygen atoms in total. The zero-order chi connectivity index (χ0) is 15.0. The van der Waals surface area contributed by atoms with Crippen LogP contribution in [-0.4, -0.2) is 24.9 Å². The second-order valence-electron chi connectivity index (χ2n) is 4.68. The first kappa shape index (κ1) is 14.1. The lowest BCUT2D eigenvalue weighted by molar-refractivity contribution is 0.598. The van der Waals surface area contributed by atoms with Crippen LogP contribution in [0.3, 0.4) is 0 Å². The lowest BCUT2D eigenvalue weighted by Gasteiger charge is -2.11. The van der Waals surface area contributed by atoms with Gasteiger partial charge in [-0.3, -0.25) is 4.72 Å². The number of nitrogens with one attached hydrogen (secondary N) is 3. The molecule has 0 radical (unpaired) electrons. The molecular formula is C12H13N5O2S2. The Kier molecular flexibility index (Phi) is 3.44. The first-order valence-corrected chi connectivity index (χ1v) is 8.61. The minimum Gasteiger partial charge on any atom is -0.332 e. The van der Waals surface area contributed by atoms with Crippen molar-refractivity contribution in [2.45, 2.75) is 24.9 Å². The Hall–Kier alpha value is -1.89. The van der Waals surface area contributed by atoms with Gasteiger partial charge in [-0.2, -0.15) is 13.7 Å². The minimum atomic E-state index is -3.75. The third-order valence-electron chi connectivity index (χ3n) is 3.24. The molecule has 3 heterocycles. The third-order valence-corrected chi connectivity index (χ3v) is 5.77. The summed E-state index contributed by atoms with van der Waals surface area (Å²) >= 11 is 1.31. The molecule has 0 aliphatic carbocycles. The van der Waals surface area contributed by atoms with Gasteiger partial charge < -0.3 is 10.3 Å². The van der Waals surface area contributed by atoms with Crippen molar-refractivity contribution in [2.75, 3.05) is 11.3 Å². The molecule has 0 amide bonds. The maximum absolute atomic E-state index is 12.3. The summed E-state index contributed by atoms with van der Waals surface area (Å²) in [5.41, 5.74) is 1.37. The van der Waals surface area contributed by atoms with E-state index in [4.69, 9.17) is 0 Å². The van der Waals surface area contributed by atoms with Gasteiger partial charge in [0.05, 0.1) is 11.8 Å². The molecule has 0 unspecified atom stereocenters. The second-order valence-corrected chi connectivity index (χ2v) is 7.44. The highest BCUT2D eigenvalue weighted by Gasteiger charge is 2.25. The number of rotatable bonds is 3. The van der Waals surface area contributed by atoms with Crippen LogP contribution in [0.5, 0.6) is 0 Å². The van der Waals surface area contributed by atoms with Gasteiger partial charge >= 0.3 is 0 Å². The quantitative estimate of drug-likeness (QED) is 0.783. The summed E-state index contributed by atoms with van der Waals surface area (Å²) in [6.45, 7) is 3.14. The maximum Gasteiger partial charge on any atom is 0.279 e. The molecular weight excluding hydrogens is 310 g/mol. The van der Waals surface area contributed by atoms with E-state index in [1.54, 1.807) is 6.92 Å².